The first kappa shape index (κ1) is 16.1. The van der Waals surface area contributed by atoms with E-state index in [-0.39, 0.29) is 18.0 Å². The number of hydrogen-bond acceptors (Lipinski definition) is 2. The molecular formula is C16H28N2O3. The molecule has 4 atom stereocenters. The van der Waals surface area contributed by atoms with E-state index in [1.807, 2.05) is 0 Å². The molecule has 5 heteroatoms. The molecule has 5 nitrogen and oxygen atoms in total. The van der Waals surface area contributed by atoms with Crippen LogP contribution in [0.5, 0.6) is 0 Å². The number of hydrogen-bond donors (Lipinski definition) is 3. The van der Waals surface area contributed by atoms with Gasteiger partial charge in [0, 0.05) is 12.6 Å². The molecule has 0 bridgehead atoms. The summed E-state index contributed by atoms with van der Waals surface area (Å²) >= 11 is 0. The Morgan fingerprint density at radius 2 is 1.95 bits per heavy atom. The van der Waals surface area contributed by atoms with E-state index in [0.29, 0.717) is 12.8 Å². The zero-order valence-corrected chi connectivity index (χ0v) is 12.9. The maximum Gasteiger partial charge on any atom is 0.315 e. The van der Waals surface area contributed by atoms with Crippen LogP contribution in [0.25, 0.3) is 0 Å². The molecule has 0 spiro atoms. The van der Waals surface area contributed by atoms with Crippen LogP contribution in [0.2, 0.25) is 0 Å². The quantitative estimate of drug-likeness (QED) is 0.730. The van der Waals surface area contributed by atoms with E-state index in [2.05, 4.69) is 17.6 Å². The van der Waals surface area contributed by atoms with Crippen LogP contribution in [0, 0.1) is 17.8 Å². The average molecular weight is 296 g/mol. The fourth-order valence-corrected chi connectivity index (χ4v) is 3.79. The Labute approximate surface area is 126 Å². The largest absolute Gasteiger partial charge is 0.481 e. The maximum atomic E-state index is 11.8. The minimum absolute atomic E-state index is 0.0146. The van der Waals surface area contributed by atoms with Crippen molar-refractivity contribution >= 4 is 12.0 Å². The third kappa shape index (κ3) is 5.21. The van der Waals surface area contributed by atoms with Crippen LogP contribution in [0.1, 0.15) is 58.3 Å². The van der Waals surface area contributed by atoms with Crippen molar-refractivity contribution in [2.24, 2.45) is 17.8 Å². The molecule has 3 N–H and O–H groups in total. The van der Waals surface area contributed by atoms with Gasteiger partial charge in [0.2, 0.25) is 0 Å². The van der Waals surface area contributed by atoms with Gasteiger partial charge < -0.3 is 15.7 Å². The van der Waals surface area contributed by atoms with Crippen LogP contribution in [0.3, 0.4) is 0 Å². The first-order valence-corrected chi connectivity index (χ1v) is 8.31. The standard InChI is InChI=1S/C16H28N2O3/c1-11-3-2-4-12(9-11)7-8-17-16(21)18-14-6-5-13(10-14)15(19)20/h11-14H,2-10H2,1H3,(H,19,20)(H2,17,18,21). The second kappa shape index (κ2) is 7.66. The number of carboxylic acids is 1. The normalized spacial score (nSPS) is 32.6. The van der Waals surface area contributed by atoms with E-state index < -0.39 is 5.97 Å². The molecule has 2 aliphatic rings. The lowest BCUT2D eigenvalue weighted by atomic mass is 9.81. The molecule has 0 saturated heterocycles. The van der Waals surface area contributed by atoms with Crippen molar-refractivity contribution in [3.63, 3.8) is 0 Å². The summed E-state index contributed by atoms with van der Waals surface area (Å²) in [6.07, 6.45) is 8.28. The predicted octanol–water partition coefficient (Wildman–Crippen LogP) is 2.76. The van der Waals surface area contributed by atoms with Gasteiger partial charge in [-0.3, -0.25) is 4.79 Å². The number of carbonyl (C=O) groups excluding carboxylic acids is 1. The molecule has 21 heavy (non-hydrogen) atoms. The van der Waals surface area contributed by atoms with Crippen molar-refractivity contribution in [3.8, 4) is 0 Å². The predicted molar refractivity (Wildman–Crippen MR) is 81.0 cm³/mol. The second-order valence-corrected chi connectivity index (χ2v) is 6.87. The highest BCUT2D eigenvalue weighted by Crippen LogP contribution is 2.30. The van der Waals surface area contributed by atoms with Gasteiger partial charge in [-0.1, -0.05) is 26.2 Å². The Hall–Kier alpha value is -1.26. The summed E-state index contributed by atoms with van der Waals surface area (Å²) < 4.78 is 0. The van der Waals surface area contributed by atoms with E-state index >= 15 is 0 Å². The second-order valence-electron chi connectivity index (χ2n) is 6.87. The molecule has 0 aromatic rings. The van der Waals surface area contributed by atoms with Crippen molar-refractivity contribution in [1.29, 1.82) is 0 Å². The molecule has 0 radical (unpaired) electrons. The number of urea groups is 1. The van der Waals surface area contributed by atoms with Gasteiger partial charge in [0.05, 0.1) is 5.92 Å². The molecule has 2 fully saturated rings. The minimum Gasteiger partial charge on any atom is -0.481 e. The van der Waals surface area contributed by atoms with Crippen LogP contribution >= 0.6 is 0 Å². The molecule has 0 aromatic carbocycles. The highest BCUT2D eigenvalue weighted by molar-refractivity contribution is 5.75. The van der Waals surface area contributed by atoms with E-state index in [9.17, 15) is 9.59 Å². The monoisotopic (exact) mass is 296 g/mol. The van der Waals surface area contributed by atoms with Crippen molar-refractivity contribution in [3.05, 3.63) is 0 Å². The summed E-state index contributed by atoms with van der Waals surface area (Å²) in [7, 11) is 0. The molecule has 2 saturated carbocycles. The Morgan fingerprint density at radius 1 is 1.14 bits per heavy atom. The van der Waals surface area contributed by atoms with Gasteiger partial charge >= 0.3 is 12.0 Å². The van der Waals surface area contributed by atoms with Gasteiger partial charge in [-0.25, -0.2) is 4.79 Å². The summed E-state index contributed by atoms with van der Waals surface area (Å²) in [5.74, 6) is 0.533. The number of aliphatic carboxylic acids is 1. The zero-order chi connectivity index (χ0) is 15.2. The fraction of sp³-hybridized carbons (Fsp3) is 0.875. The highest BCUT2D eigenvalue weighted by atomic mass is 16.4. The summed E-state index contributed by atoms with van der Waals surface area (Å²) in [6, 6.07) is -0.129. The van der Waals surface area contributed by atoms with Crippen molar-refractivity contribution in [2.45, 2.75) is 64.3 Å². The Bertz CT molecular complexity index is 373. The number of nitrogens with one attached hydrogen (secondary N) is 2. The number of rotatable bonds is 5. The van der Waals surface area contributed by atoms with Gasteiger partial charge in [0.1, 0.15) is 0 Å². The van der Waals surface area contributed by atoms with E-state index in [0.717, 1.165) is 31.2 Å². The van der Waals surface area contributed by atoms with Crippen LogP contribution in [0.4, 0.5) is 4.79 Å². The lowest BCUT2D eigenvalue weighted by Gasteiger charge is -2.26. The summed E-state index contributed by atoms with van der Waals surface area (Å²) in [5, 5.41) is 14.8. The van der Waals surface area contributed by atoms with E-state index in [4.69, 9.17) is 5.11 Å². The Kier molecular flexibility index (Phi) is 5.88. The smallest absolute Gasteiger partial charge is 0.315 e. The molecule has 2 aliphatic carbocycles. The van der Waals surface area contributed by atoms with Crippen molar-refractivity contribution in [1.82, 2.24) is 10.6 Å². The van der Waals surface area contributed by atoms with Crippen LogP contribution < -0.4 is 10.6 Å². The molecule has 4 unspecified atom stereocenters. The number of carboxylic acid groups (broad SMARTS) is 1. The van der Waals surface area contributed by atoms with Crippen LogP contribution in [-0.2, 0) is 4.79 Å². The van der Waals surface area contributed by atoms with Crippen LogP contribution in [-0.4, -0.2) is 29.7 Å². The van der Waals surface area contributed by atoms with Gasteiger partial charge in [-0.2, -0.15) is 0 Å². The first-order valence-electron chi connectivity index (χ1n) is 8.31. The summed E-state index contributed by atoms with van der Waals surface area (Å²) in [5.41, 5.74) is 0. The molecule has 2 rings (SSSR count). The van der Waals surface area contributed by atoms with E-state index in [1.54, 1.807) is 0 Å². The molecule has 2 amide bonds. The molecule has 0 aromatic heterocycles. The SMILES string of the molecule is CC1CCCC(CCNC(=O)NC2CCC(C(=O)O)C2)C1. The molecular weight excluding hydrogens is 268 g/mol. The van der Waals surface area contributed by atoms with Gasteiger partial charge in [0.25, 0.3) is 0 Å². The lowest BCUT2D eigenvalue weighted by Crippen LogP contribution is -2.42. The molecule has 0 heterocycles. The lowest BCUT2D eigenvalue weighted by molar-refractivity contribution is -0.141. The first-order chi connectivity index (χ1) is 10.0. The number of carbonyl (C=O) groups is 2. The fourth-order valence-electron chi connectivity index (χ4n) is 3.79. The number of amides is 2. The van der Waals surface area contributed by atoms with Crippen molar-refractivity contribution in [2.75, 3.05) is 6.54 Å². The third-order valence-corrected chi connectivity index (χ3v) is 5.00. The molecule has 120 valence electrons. The Balaban J connectivity index is 1.59. The van der Waals surface area contributed by atoms with Crippen molar-refractivity contribution < 1.29 is 14.7 Å². The molecule has 0 aliphatic heterocycles. The summed E-state index contributed by atoms with van der Waals surface area (Å²) in [6.45, 7) is 3.03. The Morgan fingerprint density at radius 3 is 2.62 bits per heavy atom. The maximum absolute atomic E-state index is 11.8. The van der Waals surface area contributed by atoms with E-state index in [1.165, 1.54) is 25.7 Å². The average Bonchev–Trinajstić information content (AvgIpc) is 2.87. The third-order valence-electron chi connectivity index (χ3n) is 5.00. The zero-order valence-electron chi connectivity index (χ0n) is 12.9. The van der Waals surface area contributed by atoms with Gasteiger partial charge in [0.15, 0.2) is 0 Å². The summed E-state index contributed by atoms with van der Waals surface area (Å²) in [4.78, 5) is 22.7. The minimum atomic E-state index is -0.744. The highest BCUT2D eigenvalue weighted by Gasteiger charge is 2.30. The topological polar surface area (TPSA) is 78.4 Å². The van der Waals surface area contributed by atoms with Gasteiger partial charge in [-0.15, -0.1) is 0 Å². The van der Waals surface area contributed by atoms with Gasteiger partial charge in [-0.05, 0) is 43.9 Å². The van der Waals surface area contributed by atoms with Crippen LogP contribution in [0.15, 0.2) is 0 Å².